The summed E-state index contributed by atoms with van der Waals surface area (Å²) in [5, 5.41) is 11.8. The molecule has 3 unspecified atom stereocenters. The molecule has 0 aliphatic heterocycles. The first-order chi connectivity index (χ1) is 8.82. The van der Waals surface area contributed by atoms with Crippen molar-refractivity contribution < 1.29 is 19.5 Å². The number of carbonyl (C=O) groups excluding carboxylic acids is 2. The van der Waals surface area contributed by atoms with Gasteiger partial charge in [0.1, 0.15) is 0 Å². The highest BCUT2D eigenvalue weighted by Crippen LogP contribution is 2.36. The molecule has 0 bridgehead atoms. The smallest absolute Gasteiger partial charge is 0.307 e. The highest BCUT2D eigenvalue weighted by atomic mass is 16.4. The average Bonchev–Trinajstić information content (AvgIpc) is 2.71. The maximum absolute atomic E-state index is 12.0. The zero-order valence-electron chi connectivity index (χ0n) is 11.7. The Labute approximate surface area is 113 Å². The topological polar surface area (TPSA) is 86.7 Å². The molecule has 0 aromatic rings. The molecule has 2 N–H and O–H groups in total. The molecule has 1 rings (SSSR count). The van der Waals surface area contributed by atoms with Crippen LogP contribution in [0.1, 0.15) is 26.2 Å². The lowest BCUT2D eigenvalue weighted by Crippen LogP contribution is -2.37. The molecule has 6 nitrogen and oxygen atoms in total. The van der Waals surface area contributed by atoms with Crippen LogP contribution >= 0.6 is 0 Å². The fourth-order valence-corrected chi connectivity index (χ4v) is 2.50. The van der Waals surface area contributed by atoms with Gasteiger partial charge in [-0.1, -0.05) is 6.92 Å². The van der Waals surface area contributed by atoms with Crippen molar-refractivity contribution in [1.82, 2.24) is 10.2 Å². The van der Waals surface area contributed by atoms with Gasteiger partial charge in [0.2, 0.25) is 11.8 Å². The zero-order valence-corrected chi connectivity index (χ0v) is 11.7. The minimum Gasteiger partial charge on any atom is -0.481 e. The predicted octanol–water partition coefficient (Wildman–Crippen LogP) is 0.328. The Hall–Kier alpha value is -1.59. The second-order valence-corrected chi connectivity index (χ2v) is 5.46. The molecule has 0 aromatic heterocycles. The highest BCUT2D eigenvalue weighted by molar-refractivity contribution is 5.85. The van der Waals surface area contributed by atoms with Gasteiger partial charge in [-0.05, 0) is 18.8 Å². The van der Waals surface area contributed by atoms with E-state index in [1.807, 2.05) is 6.92 Å². The van der Waals surface area contributed by atoms with Gasteiger partial charge >= 0.3 is 5.97 Å². The summed E-state index contributed by atoms with van der Waals surface area (Å²) in [6.45, 7) is 2.21. The van der Waals surface area contributed by atoms with Crippen molar-refractivity contribution in [2.24, 2.45) is 17.8 Å². The van der Waals surface area contributed by atoms with Gasteiger partial charge in [0.15, 0.2) is 0 Å². The van der Waals surface area contributed by atoms with Crippen molar-refractivity contribution in [1.29, 1.82) is 0 Å². The van der Waals surface area contributed by atoms with Crippen LogP contribution in [0.25, 0.3) is 0 Å². The maximum Gasteiger partial charge on any atom is 0.307 e. The number of carbonyl (C=O) groups is 3. The lowest BCUT2D eigenvalue weighted by atomic mass is 9.95. The molecular weight excluding hydrogens is 248 g/mol. The molecule has 6 heteroatoms. The molecule has 19 heavy (non-hydrogen) atoms. The first-order valence-corrected chi connectivity index (χ1v) is 6.53. The van der Waals surface area contributed by atoms with Gasteiger partial charge in [-0.25, -0.2) is 0 Å². The maximum atomic E-state index is 12.0. The predicted molar refractivity (Wildman–Crippen MR) is 69.3 cm³/mol. The first kappa shape index (κ1) is 15.5. The largest absolute Gasteiger partial charge is 0.481 e. The molecule has 0 radical (unpaired) electrons. The minimum absolute atomic E-state index is 0.0603. The van der Waals surface area contributed by atoms with Gasteiger partial charge < -0.3 is 15.3 Å². The average molecular weight is 270 g/mol. The third kappa shape index (κ3) is 4.22. The number of hydrogen-bond acceptors (Lipinski definition) is 3. The van der Waals surface area contributed by atoms with Crippen LogP contribution in [0, 0.1) is 17.8 Å². The fourth-order valence-electron chi connectivity index (χ4n) is 2.50. The van der Waals surface area contributed by atoms with Crippen LogP contribution in [0.3, 0.4) is 0 Å². The van der Waals surface area contributed by atoms with E-state index < -0.39 is 17.8 Å². The Morgan fingerprint density at radius 2 is 1.79 bits per heavy atom. The lowest BCUT2D eigenvalue weighted by Gasteiger charge is -2.16. The van der Waals surface area contributed by atoms with Crippen molar-refractivity contribution in [3.05, 3.63) is 0 Å². The molecule has 0 heterocycles. The number of nitrogens with one attached hydrogen (secondary N) is 1. The molecule has 1 saturated carbocycles. The van der Waals surface area contributed by atoms with Gasteiger partial charge in [0.05, 0.1) is 11.8 Å². The normalized spacial score (nSPS) is 25.9. The quantitative estimate of drug-likeness (QED) is 0.753. The first-order valence-electron chi connectivity index (χ1n) is 6.53. The van der Waals surface area contributed by atoms with Gasteiger partial charge in [-0.3, -0.25) is 14.4 Å². The SMILES string of the molecule is CC1CC(C(=O)O)C(C(=O)NCCC(=O)N(C)C)C1. The zero-order chi connectivity index (χ0) is 14.6. The van der Waals surface area contributed by atoms with Crippen molar-refractivity contribution in [2.75, 3.05) is 20.6 Å². The van der Waals surface area contributed by atoms with Crippen LogP contribution in [0.4, 0.5) is 0 Å². The molecule has 1 aliphatic rings. The number of rotatable bonds is 5. The third-order valence-electron chi connectivity index (χ3n) is 3.59. The molecule has 0 spiro atoms. The number of aliphatic carboxylic acids is 1. The number of carboxylic acids is 1. The number of hydrogen-bond donors (Lipinski definition) is 2. The van der Waals surface area contributed by atoms with E-state index in [2.05, 4.69) is 5.32 Å². The summed E-state index contributed by atoms with van der Waals surface area (Å²) in [5.41, 5.74) is 0. The Balaban J connectivity index is 2.44. The molecule has 1 aliphatic carbocycles. The molecule has 2 amide bonds. The summed E-state index contributed by atoms with van der Waals surface area (Å²) in [7, 11) is 3.31. The van der Waals surface area contributed by atoms with E-state index in [1.165, 1.54) is 4.90 Å². The minimum atomic E-state index is -0.908. The van der Waals surface area contributed by atoms with E-state index in [9.17, 15) is 14.4 Å². The molecule has 0 saturated heterocycles. The van der Waals surface area contributed by atoms with E-state index in [1.54, 1.807) is 14.1 Å². The summed E-state index contributed by atoms with van der Waals surface area (Å²) >= 11 is 0. The van der Waals surface area contributed by atoms with Crippen molar-refractivity contribution in [3.63, 3.8) is 0 Å². The van der Waals surface area contributed by atoms with Crippen LogP contribution in [-0.4, -0.2) is 48.4 Å². The number of nitrogens with zero attached hydrogens (tertiary/aromatic N) is 1. The second-order valence-electron chi connectivity index (χ2n) is 5.46. The van der Waals surface area contributed by atoms with Gasteiger partial charge in [-0.15, -0.1) is 0 Å². The lowest BCUT2D eigenvalue weighted by molar-refractivity contribution is -0.146. The third-order valence-corrected chi connectivity index (χ3v) is 3.59. The van der Waals surface area contributed by atoms with E-state index >= 15 is 0 Å². The van der Waals surface area contributed by atoms with Crippen LogP contribution in [0.15, 0.2) is 0 Å². The van der Waals surface area contributed by atoms with Crippen LogP contribution in [-0.2, 0) is 14.4 Å². The van der Waals surface area contributed by atoms with E-state index in [-0.39, 0.29) is 30.7 Å². The van der Waals surface area contributed by atoms with Crippen molar-refractivity contribution >= 4 is 17.8 Å². The molecular formula is C13H22N2O4. The molecule has 1 fully saturated rings. The fraction of sp³-hybridized carbons (Fsp3) is 0.769. The Morgan fingerprint density at radius 1 is 1.21 bits per heavy atom. The summed E-state index contributed by atoms with van der Waals surface area (Å²) in [6.07, 6.45) is 1.38. The molecule has 108 valence electrons. The van der Waals surface area contributed by atoms with Gasteiger partial charge in [-0.2, -0.15) is 0 Å². The van der Waals surface area contributed by atoms with Crippen LogP contribution in [0.5, 0.6) is 0 Å². The van der Waals surface area contributed by atoms with Gasteiger partial charge in [0, 0.05) is 27.1 Å². The number of amides is 2. The summed E-state index contributed by atoms with van der Waals surface area (Å²) in [6, 6.07) is 0. The van der Waals surface area contributed by atoms with E-state index in [4.69, 9.17) is 5.11 Å². The van der Waals surface area contributed by atoms with E-state index in [0.29, 0.717) is 12.8 Å². The monoisotopic (exact) mass is 270 g/mol. The Bertz CT molecular complexity index is 368. The standard InChI is InChI=1S/C13H22N2O4/c1-8-6-9(10(7-8)13(18)19)12(17)14-5-4-11(16)15(2)3/h8-10H,4-7H2,1-3H3,(H,14,17)(H,18,19). The number of carboxylic acid groups (broad SMARTS) is 1. The summed E-state index contributed by atoms with van der Waals surface area (Å²) in [4.78, 5) is 35.9. The highest BCUT2D eigenvalue weighted by Gasteiger charge is 2.40. The molecule has 3 atom stereocenters. The van der Waals surface area contributed by atoms with E-state index in [0.717, 1.165) is 0 Å². The van der Waals surface area contributed by atoms with Crippen molar-refractivity contribution in [2.45, 2.75) is 26.2 Å². The van der Waals surface area contributed by atoms with Gasteiger partial charge in [0.25, 0.3) is 0 Å². The Kier molecular flexibility index (Phi) is 5.32. The Morgan fingerprint density at radius 3 is 2.32 bits per heavy atom. The summed E-state index contributed by atoms with van der Waals surface area (Å²) < 4.78 is 0. The van der Waals surface area contributed by atoms with Crippen LogP contribution in [0.2, 0.25) is 0 Å². The molecule has 0 aromatic carbocycles. The van der Waals surface area contributed by atoms with Crippen LogP contribution < -0.4 is 5.32 Å². The summed E-state index contributed by atoms with van der Waals surface area (Å²) in [5.74, 6) is -2.03. The second kappa shape index (κ2) is 6.54. The van der Waals surface area contributed by atoms with Crippen molar-refractivity contribution in [3.8, 4) is 0 Å².